The van der Waals surface area contributed by atoms with Crippen molar-refractivity contribution in [1.82, 2.24) is 0 Å². The Hall–Kier alpha value is -0.820. The smallest absolute Gasteiger partial charge is 0.00252 e. The van der Waals surface area contributed by atoms with Crippen LogP contribution in [0.1, 0.15) is 19.4 Å². The molecule has 1 aromatic carbocycles. The van der Waals surface area contributed by atoms with Gasteiger partial charge in [0.2, 0.25) is 0 Å². The fourth-order valence-corrected chi connectivity index (χ4v) is 0.924. The van der Waals surface area contributed by atoms with Gasteiger partial charge < -0.3 is 5.73 Å². The normalized spacial score (nSPS) is 11.5. The quantitative estimate of drug-likeness (QED) is 0.679. The molecule has 0 aromatic heterocycles. The largest absolute Gasteiger partial charge is 0.330 e. The fraction of sp³-hybridized carbons (Fsp3) is 0.400. The van der Waals surface area contributed by atoms with E-state index in [0.717, 1.165) is 0 Å². The Morgan fingerprint density at radius 3 is 2.64 bits per heavy atom. The molecule has 1 rings (SSSR count). The second kappa shape index (κ2) is 3.05. The molecule has 0 aliphatic rings. The van der Waals surface area contributed by atoms with Crippen molar-refractivity contribution >= 4 is 0 Å². The molecule has 0 fully saturated rings. The third kappa shape index (κ3) is 1.81. The highest BCUT2D eigenvalue weighted by molar-refractivity contribution is 5.22. The molecule has 1 nitrogen and oxygen atoms in total. The lowest BCUT2D eigenvalue weighted by atomic mass is 9.85. The van der Waals surface area contributed by atoms with Crippen molar-refractivity contribution < 1.29 is 0 Å². The van der Waals surface area contributed by atoms with Gasteiger partial charge in [0.05, 0.1) is 0 Å². The maximum Gasteiger partial charge on any atom is 0.00252 e. The highest BCUT2D eigenvalue weighted by Crippen LogP contribution is 2.19. The summed E-state index contributed by atoms with van der Waals surface area (Å²) in [5.74, 6) is 0. The van der Waals surface area contributed by atoms with E-state index >= 15 is 0 Å². The number of nitrogens with two attached hydrogens (primary N) is 1. The van der Waals surface area contributed by atoms with Gasteiger partial charge in [0.15, 0.2) is 0 Å². The SMILES string of the molecule is CC(C)(CN)c1[c]cccc1. The lowest BCUT2D eigenvalue weighted by Gasteiger charge is -2.22. The van der Waals surface area contributed by atoms with Crippen molar-refractivity contribution in [3.63, 3.8) is 0 Å². The Bertz CT molecular complexity index is 214. The second-order valence-corrected chi connectivity index (χ2v) is 3.36. The van der Waals surface area contributed by atoms with Crippen molar-refractivity contribution in [3.8, 4) is 0 Å². The van der Waals surface area contributed by atoms with Gasteiger partial charge in [0.25, 0.3) is 0 Å². The predicted molar refractivity (Wildman–Crippen MR) is 47.4 cm³/mol. The van der Waals surface area contributed by atoms with Crippen LogP contribution in [0.5, 0.6) is 0 Å². The molecule has 0 atom stereocenters. The van der Waals surface area contributed by atoms with Gasteiger partial charge in [-0.3, -0.25) is 0 Å². The number of hydrogen-bond donors (Lipinski definition) is 1. The van der Waals surface area contributed by atoms with E-state index < -0.39 is 0 Å². The van der Waals surface area contributed by atoms with Crippen LogP contribution >= 0.6 is 0 Å². The first-order chi connectivity index (χ1) is 5.17. The molecule has 2 N–H and O–H groups in total. The summed E-state index contributed by atoms with van der Waals surface area (Å²) < 4.78 is 0. The summed E-state index contributed by atoms with van der Waals surface area (Å²) in [5.41, 5.74) is 6.86. The van der Waals surface area contributed by atoms with Crippen molar-refractivity contribution in [2.45, 2.75) is 19.3 Å². The molecule has 11 heavy (non-hydrogen) atoms. The monoisotopic (exact) mass is 148 g/mol. The fourth-order valence-electron chi connectivity index (χ4n) is 0.924. The lowest BCUT2D eigenvalue weighted by Crippen LogP contribution is -2.27. The summed E-state index contributed by atoms with van der Waals surface area (Å²) in [5, 5.41) is 0. The molecule has 0 aliphatic carbocycles. The van der Waals surface area contributed by atoms with Gasteiger partial charge in [0, 0.05) is 12.0 Å². The zero-order valence-corrected chi connectivity index (χ0v) is 7.09. The van der Waals surface area contributed by atoms with Crippen LogP contribution in [0, 0.1) is 6.07 Å². The molecule has 0 bridgehead atoms. The Morgan fingerprint density at radius 1 is 1.45 bits per heavy atom. The summed E-state index contributed by atoms with van der Waals surface area (Å²) in [6.45, 7) is 4.91. The average molecular weight is 148 g/mol. The number of benzene rings is 1. The van der Waals surface area contributed by atoms with Gasteiger partial charge >= 0.3 is 0 Å². The maximum atomic E-state index is 5.62. The van der Waals surface area contributed by atoms with E-state index in [0.29, 0.717) is 6.54 Å². The van der Waals surface area contributed by atoms with E-state index in [1.54, 1.807) is 0 Å². The molecule has 0 aliphatic heterocycles. The molecule has 0 amide bonds. The predicted octanol–water partition coefficient (Wildman–Crippen LogP) is 1.72. The van der Waals surface area contributed by atoms with Crippen molar-refractivity contribution in [2.24, 2.45) is 5.73 Å². The van der Waals surface area contributed by atoms with E-state index in [1.807, 2.05) is 18.2 Å². The number of rotatable bonds is 2. The van der Waals surface area contributed by atoms with Crippen LogP contribution in [0.2, 0.25) is 0 Å². The molecule has 0 spiro atoms. The van der Waals surface area contributed by atoms with Gasteiger partial charge in [-0.05, 0) is 11.6 Å². The molecule has 1 aromatic rings. The zero-order chi connectivity index (χ0) is 8.32. The molecule has 0 saturated carbocycles. The molecule has 0 saturated heterocycles. The molecule has 1 heteroatoms. The van der Waals surface area contributed by atoms with Gasteiger partial charge in [0.1, 0.15) is 0 Å². The van der Waals surface area contributed by atoms with Gasteiger partial charge in [-0.1, -0.05) is 38.1 Å². The van der Waals surface area contributed by atoms with Gasteiger partial charge in [-0.25, -0.2) is 0 Å². The van der Waals surface area contributed by atoms with E-state index in [2.05, 4.69) is 26.0 Å². The van der Waals surface area contributed by atoms with E-state index in [1.165, 1.54) is 5.56 Å². The molecule has 59 valence electrons. The molecule has 0 unspecified atom stereocenters. The summed E-state index contributed by atoms with van der Waals surface area (Å²) in [6.07, 6.45) is 0. The summed E-state index contributed by atoms with van der Waals surface area (Å²) in [6, 6.07) is 11.2. The van der Waals surface area contributed by atoms with Crippen LogP contribution in [-0.4, -0.2) is 6.54 Å². The lowest BCUT2D eigenvalue weighted by molar-refractivity contribution is 0.538. The minimum Gasteiger partial charge on any atom is -0.330 e. The molecular formula is C10H14N. The van der Waals surface area contributed by atoms with Gasteiger partial charge in [-0.15, -0.1) is 0 Å². The van der Waals surface area contributed by atoms with Crippen LogP contribution in [0.3, 0.4) is 0 Å². The average Bonchev–Trinajstić information content (AvgIpc) is 2.06. The summed E-state index contributed by atoms with van der Waals surface area (Å²) in [7, 11) is 0. The van der Waals surface area contributed by atoms with Crippen molar-refractivity contribution in [3.05, 3.63) is 35.9 Å². The van der Waals surface area contributed by atoms with Gasteiger partial charge in [-0.2, -0.15) is 0 Å². The topological polar surface area (TPSA) is 26.0 Å². The Balaban J connectivity index is 2.93. The van der Waals surface area contributed by atoms with Crippen LogP contribution in [0.4, 0.5) is 0 Å². The van der Waals surface area contributed by atoms with Crippen molar-refractivity contribution in [2.75, 3.05) is 6.54 Å². The van der Waals surface area contributed by atoms with E-state index in [9.17, 15) is 0 Å². The first kappa shape index (κ1) is 8.28. The third-order valence-corrected chi connectivity index (χ3v) is 1.95. The highest BCUT2D eigenvalue weighted by Gasteiger charge is 2.17. The van der Waals surface area contributed by atoms with Crippen LogP contribution in [0.15, 0.2) is 24.3 Å². The molecule has 1 radical (unpaired) electrons. The Kier molecular flexibility index (Phi) is 2.30. The van der Waals surface area contributed by atoms with E-state index in [4.69, 9.17) is 5.73 Å². The third-order valence-electron chi connectivity index (χ3n) is 1.95. The van der Waals surface area contributed by atoms with Crippen LogP contribution < -0.4 is 5.73 Å². The second-order valence-electron chi connectivity index (χ2n) is 3.36. The summed E-state index contributed by atoms with van der Waals surface area (Å²) in [4.78, 5) is 0. The summed E-state index contributed by atoms with van der Waals surface area (Å²) >= 11 is 0. The Morgan fingerprint density at radius 2 is 2.18 bits per heavy atom. The van der Waals surface area contributed by atoms with Crippen LogP contribution in [-0.2, 0) is 5.41 Å². The molecular weight excluding hydrogens is 134 g/mol. The minimum atomic E-state index is 0.0568. The first-order valence-corrected chi connectivity index (χ1v) is 3.84. The maximum absolute atomic E-state index is 5.62. The molecule has 0 heterocycles. The highest BCUT2D eigenvalue weighted by atomic mass is 14.6. The van der Waals surface area contributed by atoms with E-state index in [-0.39, 0.29) is 5.41 Å². The van der Waals surface area contributed by atoms with Crippen molar-refractivity contribution in [1.29, 1.82) is 0 Å². The first-order valence-electron chi connectivity index (χ1n) is 3.84. The number of hydrogen-bond acceptors (Lipinski definition) is 1. The standard InChI is InChI=1S/C10H14N/c1-10(2,8-11)9-6-4-3-5-7-9/h3-6H,8,11H2,1-2H3. The Labute approximate surface area is 68.2 Å². The van der Waals surface area contributed by atoms with Crippen LogP contribution in [0.25, 0.3) is 0 Å². The minimum absolute atomic E-state index is 0.0568. The zero-order valence-electron chi connectivity index (χ0n) is 7.09.